The van der Waals surface area contributed by atoms with Gasteiger partial charge < -0.3 is 14.7 Å². The maximum absolute atomic E-state index is 10.9. The lowest BCUT2D eigenvalue weighted by molar-refractivity contribution is 0.0690. The third kappa shape index (κ3) is 2.68. The highest BCUT2D eigenvalue weighted by Gasteiger charge is 2.21. The number of carbonyl (C=O) groups is 1. The van der Waals surface area contributed by atoms with Gasteiger partial charge in [0.1, 0.15) is 5.82 Å². The van der Waals surface area contributed by atoms with Crippen LogP contribution in [0.1, 0.15) is 17.4 Å². The number of carboxylic acids is 1. The quantitative estimate of drug-likeness (QED) is 0.872. The standard InChI is InChI=1S/C11H13ClN2O3/c1-7-6-17-3-2-14(7)10-5-8(12)4-9(13-10)11(15)16/h4-5,7H,2-3,6H2,1H3,(H,15,16). The largest absolute Gasteiger partial charge is 0.477 e. The maximum atomic E-state index is 10.9. The second-order valence-corrected chi connectivity index (χ2v) is 4.39. The fraction of sp³-hybridized carbons (Fsp3) is 0.455. The molecule has 0 bridgehead atoms. The Bertz CT molecular complexity index is 439. The highest BCUT2D eigenvalue weighted by Crippen LogP contribution is 2.22. The number of hydrogen-bond donors (Lipinski definition) is 1. The van der Waals surface area contributed by atoms with E-state index in [0.717, 1.165) is 0 Å². The Morgan fingerprint density at radius 1 is 1.65 bits per heavy atom. The number of nitrogens with zero attached hydrogens (tertiary/aromatic N) is 2. The number of rotatable bonds is 2. The van der Waals surface area contributed by atoms with Gasteiger partial charge in [-0.2, -0.15) is 0 Å². The number of pyridine rings is 1. The van der Waals surface area contributed by atoms with Crippen molar-refractivity contribution in [3.63, 3.8) is 0 Å². The predicted molar refractivity (Wildman–Crippen MR) is 63.8 cm³/mol. The summed E-state index contributed by atoms with van der Waals surface area (Å²) in [5.74, 6) is -0.486. The van der Waals surface area contributed by atoms with Gasteiger partial charge in [-0.25, -0.2) is 9.78 Å². The first kappa shape index (κ1) is 12.1. The third-order valence-corrected chi connectivity index (χ3v) is 2.88. The lowest BCUT2D eigenvalue weighted by Crippen LogP contribution is -2.44. The molecule has 92 valence electrons. The van der Waals surface area contributed by atoms with Gasteiger partial charge in [-0.05, 0) is 19.1 Å². The van der Waals surface area contributed by atoms with E-state index >= 15 is 0 Å². The number of aromatic nitrogens is 1. The number of anilines is 1. The van der Waals surface area contributed by atoms with Crippen LogP contribution in [0.15, 0.2) is 12.1 Å². The molecule has 0 radical (unpaired) electrons. The van der Waals surface area contributed by atoms with Crippen molar-refractivity contribution in [1.82, 2.24) is 4.98 Å². The molecule has 17 heavy (non-hydrogen) atoms. The summed E-state index contributed by atoms with van der Waals surface area (Å²) in [6.45, 7) is 3.91. The Labute approximate surface area is 104 Å². The molecule has 0 amide bonds. The summed E-state index contributed by atoms with van der Waals surface area (Å²) in [5, 5.41) is 9.31. The van der Waals surface area contributed by atoms with E-state index in [2.05, 4.69) is 4.98 Å². The Balaban J connectivity index is 2.33. The molecular formula is C11H13ClN2O3. The summed E-state index contributed by atoms with van der Waals surface area (Å²) in [5.41, 5.74) is -0.0359. The van der Waals surface area contributed by atoms with Gasteiger partial charge in [0.2, 0.25) is 0 Å². The van der Waals surface area contributed by atoms with Gasteiger partial charge in [0.05, 0.1) is 19.3 Å². The van der Waals surface area contributed by atoms with Crippen molar-refractivity contribution in [3.05, 3.63) is 22.8 Å². The van der Waals surface area contributed by atoms with Crippen molar-refractivity contribution < 1.29 is 14.6 Å². The zero-order chi connectivity index (χ0) is 12.4. The van der Waals surface area contributed by atoms with Crippen LogP contribution in [0.3, 0.4) is 0 Å². The molecule has 6 heteroatoms. The molecule has 2 heterocycles. The van der Waals surface area contributed by atoms with Gasteiger partial charge in [0.15, 0.2) is 5.69 Å². The lowest BCUT2D eigenvalue weighted by Gasteiger charge is -2.34. The summed E-state index contributed by atoms with van der Waals surface area (Å²) in [6.07, 6.45) is 0. The average Bonchev–Trinajstić information content (AvgIpc) is 2.28. The first-order chi connectivity index (χ1) is 8.08. The van der Waals surface area contributed by atoms with Crippen LogP contribution in [0, 0.1) is 0 Å². The smallest absolute Gasteiger partial charge is 0.354 e. The molecule has 0 aliphatic carbocycles. The second kappa shape index (κ2) is 4.89. The first-order valence-corrected chi connectivity index (χ1v) is 5.71. The molecule has 1 saturated heterocycles. The number of ether oxygens (including phenoxy) is 1. The minimum atomic E-state index is -1.07. The summed E-state index contributed by atoms with van der Waals surface area (Å²) < 4.78 is 5.32. The molecule has 1 aliphatic rings. The third-order valence-electron chi connectivity index (χ3n) is 2.66. The zero-order valence-electron chi connectivity index (χ0n) is 9.39. The molecular weight excluding hydrogens is 244 g/mol. The maximum Gasteiger partial charge on any atom is 0.354 e. The first-order valence-electron chi connectivity index (χ1n) is 5.33. The van der Waals surface area contributed by atoms with Crippen molar-refractivity contribution in [2.24, 2.45) is 0 Å². The molecule has 1 aromatic rings. The van der Waals surface area contributed by atoms with Crippen LogP contribution in [0.4, 0.5) is 5.82 Å². The summed E-state index contributed by atoms with van der Waals surface area (Å²) >= 11 is 5.90. The van der Waals surface area contributed by atoms with Gasteiger partial charge in [-0.15, -0.1) is 0 Å². The van der Waals surface area contributed by atoms with E-state index in [1.54, 1.807) is 6.07 Å². The van der Waals surface area contributed by atoms with E-state index in [0.29, 0.717) is 30.6 Å². The molecule has 1 fully saturated rings. The van der Waals surface area contributed by atoms with Gasteiger partial charge in [0.25, 0.3) is 0 Å². The van der Waals surface area contributed by atoms with Crippen molar-refractivity contribution in [3.8, 4) is 0 Å². The average molecular weight is 257 g/mol. The second-order valence-electron chi connectivity index (χ2n) is 3.95. The molecule has 1 atom stereocenters. The van der Waals surface area contributed by atoms with Crippen LogP contribution < -0.4 is 4.90 Å². The summed E-state index contributed by atoms with van der Waals surface area (Å²) in [6, 6.07) is 3.19. The molecule has 1 aliphatic heterocycles. The predicted octanol–water partition coefficient (Wildman–Crippen LogP) is 1.66. The molecule has 1 N–H and O–H groups in total. The van der Waals surface area contributed by atoms with E-state index in [4.69, 9.17) is 21.4 Å². The van der Waals surface area contributed by atoms with E-state index in [-0.39, 0.29) is 11.7 Å². The SMILES string of the molecule is CC1COCCN1c1cc(Cl)cc(C(=O)O)n1. The van der Waals surface area contributed by atoms with E-state index < -0.39 is 5.97 Å². The van der Waals surface area contributed by atoms with Gasteiger partial charge in [0, 0.05) is 11.6 Å². The number of carboxylic acid groups (broad SMARTS) is 1. The fourth-order valence-corrected chi connectivity index (χ4v) is 2.01. The number of aromatic carboxylic acids is 1. The molecule has 0 spiro atoms. The van der Waals surface area contributed by atoms with Crippen molar-refractivity contribution >= 4 is 23.4 Å². The number of halogens is 1. The number of morpholine rings is 1. The van der Waals surface area contributed by atoms with Crippen LogP contribution in [0.25, 0.3) is 0 Å². The minimum Gasteiger partial charge on any atom is -0.477 e. The van der Waals surface area contributed by atoms with Gasteiger partial charge >= 0.3 is 5.97 Å². The highest BCUT2D eigenvalue weighted by atomic mass is 35.5. The molecule has 0 saturated carbocycles. The zero-order valence-corrected chi connectivity index (χ0v) is 10.1. The van der Waals surface area contributed by atoms with Gasteiger partial charge in [-0.3, -0.25) is 0 Å². The van der Waals surface area contributed by atoms with Crippen LogP contribution in [0.2, 0.25) is 5.02 Å². The Kier molecular flexibility index (Phi) is 3.49. The van der Waals surface area contributed by atoms with Crippen LogP contribution >= 0.6 is 11.6 Å². The lowest BCUT2D eigenvalue weighted by atomic mass is 10.2. The van der Waals surface area contributed by atoms with E-state index in [1.165, 1.54) is 6.07 Å². The van der Waals surface area contributed by atoms with Gasteiger partial charge in [-0.1, -0.05) is 11.6 Å². The van der Waals surface area contributed by atoms with Crippen molar-refractivity contribution in [2.75, 3.05) is 24.7 Å². The van der Waals surface area contributed by atoms with Crippen molar-refractivity contribution in [1.29, 1.82) is 0 Å². The van der Waals surface area contributed by atoms with E-state index in [9.17, 15) is 4.79 Å². The highest BCUT2D eigenvalue weighted by molar-refractivity contribution is 6.31. The number of hydrogen-bond acceptors (Lipinski definition) is 4. The topological polar surface area (TPSA) is 62.7 Å². The summed E-state index contributed by atoms with van der Waals surface area (Å²) in [4.78, 5) is 17.0. The monoisotopic (exact) mass is 256 g/mol. The van der Waals surface area contributed by atoms with Crippen LogP contribution in [-0.2, 0) is 4.74 Å². The fourth-order valence-electron chi connectivity index (χ4n) is 1.81. The minimum absolute atomic E-state index is 0.0359. The van der Waals surface area contributed by atoms with Crippen LogP contribution in [0.5, 0.6) is 0 Å². The molecule has 2 rings (SSSR count). The van der Waals surface area contributed by atoms with Crippen LogP contribution in [-0.4, -0.2) is 41.9 Å². The molecule has 5 nitrogen and oxygen atoms in total. The normalized spacial score (nSPS) is 20.4. The van der Waals surface area contributed by atoms with Crippen molar-refractivity contribution in [2.45, 2.75) is 13.0 Å². The Morgan fingerprint density at radius 2 is 2.41 bits per heavy atom. The molecule has 1 aromatic heterocycles. The Hall–Kier alpha value is -1.33. The molecule has 0 aromatic carbocycles. The summed E-state index contributed by atoms with van der Waals surface area (Å²) in [7, 11) is 0. The molecule has 1 unspecified atom stereocenters. The van der Waals surface area contributed by atoms with E-state index in [1.807, 2.05) is 11.8 Å². The Morgan fingerprint density at radius 3 is 3.06 bits per heavy atom.